The van der Waals surface area contributed by atoms with E-state index in [1.165, 1.54) is 0 Å². The molecule has 0 radical (unpaired) electrons. The van der Waals surface area contributed by atoms with Crippen molar-refractivity contribution in [3.63, 3.8) is 0 Å². The minimum Gasteiger partial charge on any atom is -0.378 e. The first-order chi connectivity index (χ1) is 10.5. The van der Waals surface area contributed by atoms with E-state index in [1.54, 1.807) is 7.05 Å². The third kappa shape index (κ3) is 3.98. The van der Waals surface area contributed by atoms with E-state index >= 15 is 0 Å². The van der Waals surface area contributed by atoms with Gasteiger partial charge in [0.15, 0.2) is 0 Å². The highest BCUT2D eigenvalue weighted by atomic mass is 16.2. The summed E-state index contributed by atoms with van der Waals surface area (Å²) in [6, 6.07) is 7.65. The van der Waals surface area contributed by atoms with Gasteiger partial charge in [0.25, 0.3) is 5.91 Å². The van der Waals surface area contributed by atoms with Gasteiger partial charge < -0.3 is 15.1 Å². The van der Waals surface area contributed by atoms with Gasteiger partial charge in [-0.15, -0.1) is 0 Å². The number of hydrogen-bond acceptors (Lipinski definition) is 4. The molecule has 0 atom stereocenters. The Balaban J connectivity index is 1.90. The van der Waals surface area contributed by atoms with Gasteiger partial charge in [0, 0.05) is 58.6 Å². The number of hydrogen-bond donors (Lipinski definition) is 1. The van der Waals surface area contributed by atoms with Gasteiger partial charge >= 0.3 is 0 Å². The van der Waals surface area contributed by atoms with Gasteiger partial charge in [-0.25, -0.2) is 0 Å². The monoisotopic (exact) mass is 304 g/mol. The summed E-state index contributed by atoms with van der Waals surface area (Å²) < 4.78 is 0. The average molecular weight is 304 g/mol. The Morgan fingerprint density at radius 1 is 1.09 bits per heavy atom. The summed E-state index contributed by atoms with van der Waals surface area (Å²) in [6.07, 6.45) is 0. The van der Waals surface area contributed by atoms with Crippen LogP contribution in [0.15, 0.2) is 24.3 Å². The van der Waals surface area contributed by atoms with Crippen molar-refractivity contribution in [1.29, 1.82) is 0 Å². The first kappa shape index (κ1) is 16.3. The second-order valence-corrected chi connectivity index (χ2v) is 5.68. The van der Waals surface area contributed by atoms with Crippen molar-refractivity contribution < 1.29 is 9.59 Å². The highest BCUT2D eigenvalue weighted by Crippen LogP contribution is 2.14. The van der Waals surface area contributed by atoms with Gasteiger partial charge in [0.1, 0.15) is 0 Å². The van der Waals surface area contributed by atoms with Gasteiger partial charge in [-0.1, -0.05) is 0 Å². The van der Waals surface area contributed by atoms with Crippen molar-refractivity contribution in [1.82, 2.24) is 15.1 Å². The lowest BCUT2D eigenvalue weighted by Gasteiger charge is -2.34. The lowest BCUT2D eigenvalue weighted by molar-refractivity contribution is -0.122. The quantitative estimate of drug-likeness (QED) is 0.867. The molecule has 1 heterocycles. The van der Waals surface area contributed by atoms with E-state index in [-0.39, 0.29) is 11.8 Å². The second kappa shape index (κ2) is 7.26. The number of nitrogens with one attached hydrogen (secondary N) is 1. The Hall–Kier alpha value is -2.08. The maximum atomic E-state index is 12.5. The molecule has 6 nitrogen and oxygen atoms in total. The summed E-state index contributed by atoms with van der Waals surface area (Å²) in [5.74, 6) is 0.0731. The van der Waals surface area contributed by atoms with Crippen LogP contribution in [0.25, 0.3) is 0 Å². The van der Waals surface area contributed by atoms with Crippen LogP contribution < -0.4 is 10.2 Å². The van der Waals surface area contributed by atoms with Crippen molar-refractivity contribution in [2.45, 2.75) is 0 Å². The normalized spacial score (nSPS) is 15.5. The molecule has 120 valence electrons. The Kier molecular flexibility index (Phi) is 5.38. The molecule has 1 aliphatic rings. The molecule has 22 heavy (non-hydrogen) atoms. The fraction of sp³-hybridized carbons (Fsp3) is 0.500. The molecule has 0 aliphatic carbocycles. The average Bonchev–Trinajstić information content (AvgIpc) is 2.55. The van der Waals surface area contributed by atoms with Crippen LogP contribution in [0.4, 0.5) is 5.69 Å². The van der Waals surface area contributed by atoms with Gasteiger partial charge in [0.05, 0.1) is 6.54 Å². The lowest BCUT2D eigenvalue weighted by atomic mass is 10.1. The largest absolute Gasteiger partial charge is 0.378 e. The summed E-state index contributed by atoms with van der Waals surface area (Å²) in [7, 11) is 5.59. The highest BCUT2D eigenvalue weighted by Gasteiger charge is 2.23. The van der Waals surface area contributed by atoms with Crippen LogP contribution >= 0.6 is 0 Å². The first-order valence-corrected chi connectivity index (χ1v) is 7.51. The van der Waals surface area contributed by atoms with Crippen molar-refractivity contribution in [2.75, 3.05) is 58.8 Å². The van der Waals surface area contributed by atoms with E-state index < -0.39 is 0 Å². The number of piperazine rings is 1. The molecule has 6 heteroatoms. The maximum Gasteiger partial charge on any atom is 0.253 e. The molecular weight excluding hydrogens is 280 g/mol. The zero-order valence-electron chi connectivity index (χ0n) is 13.5. The van der Waals surface area contributed by atoms with Crippen LogP contribution in [0.1, 0.15) is 10.4 Å². The summed E-state index contributed by atoms with van der Waals surface area (Å²) in [6.45, 7) is 3.18. The number of nitrogens with zero attached hydrogens (tertiary/aromatic N) is 3. The van der Waals surface area contributed by atoms with Gasteiger partial charge in [0.2, 0.25) is 5.91 Å². The summed E-state index contributed by atoms with van der Waals surface area (Å²) in [5.41, 5.74) is 1.79. The Morgan fingerprint density at radius 2 is 1.68 bits per heavy atom. The molecule has 0 spiro atoms. The Bertz CT molecular complexity index is 519. The summed E-state index contributed by atoms with van der Waals surface area (Å²) >= 11 is 0. The van der Waals surface area contributed by atoms with E-state index in [2.05, 4.69) is 10.2 Å². The molecule has 2 rings (SSSR count). The molecule has 1 aromatic carbocycles. The predicted octanol–water partition coefficient (Wildman–Crippen LogP) is 0.256. The number of likely N-dealkylation sites (N-methyl/N-ethyl adjacent to an activating group) is 1. The van der Waals surface area contributed by atoms with Gasteiger partial charge in [-0.2, -0.15) is 0 Å². The molecule has 2 amide bonds. The second-order valence-electron chi connectivity index (χ2n) is 5.68. The van der Waals surface area contributed by atoms with Crippen molar-refractivity contribution in [3.05, 3.63) is 29.8 Å². The van der Waals surface area contributed by atoms with E-state index in [9.17, 15) is 9.59 Å². The SMILES string of the molecule is CNC(=O)CN1CCN(C(=O)c2ccc(N(C)C)cc2)CC1. The van der Waals surface area contributed by atoms with Crippen LogP contribution in [-0.2, 0) is 4.79 Å². The van der Waals surface area contributed by atoms with Crippen molar-refractivity contribution in [3.8, 4) is 0 Å². The van der Waals surface area contributed by atoms with Crippen LogP contribution in [0.3, 0.4) is 0 Å². The molecule has 1 saturated heterocycles. The molecular formula is C16H24N4O2. The Morgan fingerprint density at radius 3 is 2.18 bits per heavy atom. The number of amides is 2. The van der Waals surface area contributed by atoms with E-state index in [0.717, 1.165) is 18.8 Å². The molecule has 0 bridgehead atoms. The van der Waals surface area contributed by atoms with Crippen molar-refractivity contribution >= 4 is 17.5 Å². The molecule has 0 saturated carbocycles. The van der Waals surface area contributed by atoms with E-state index in [0.29, 0.717) is 25.2 Å². The standard InChI is InChI=1S/C16H24N4O2/c1-17-15(21)12-19-8-10-20(11-9-19)16(22)13-4-6-14(7-5-13)18(2)3/h4-7H,8-12H2,1-3H3,(H,17,21). The molecule has 0 unspecified atom stereocenters. The first-order valence-electron chi connectivity index (χ1n) is 7.51. The molecule has 1 aromatic rings. The molecule has 0 aromatic heterocycles. The summed E-state index contributed by atoms with van der Waals surface area (Å²) in [5, 5.41) is 2.62. The third-order valence-electron chi connectivity index (χ3n) is 3.94. The number of anilines is 1. The number of rotatable bonds is 4. The fourth-order valence-electron chi connectivity index (χ4n) is 2.48. The van der Waals surface area contributed by atoms with Crippen LogP contribution in [-0.4, -0.2) is 75.5 Å². The topological polar surface area (TPSA) is 55.9 Å². The van der Waals surface area contributed by atoms with E-state index in [1.807, 2.05) is 48.2 Å². The Labute approximate surface area is 131 Å². The fourth-order valence-corrected chi connectivity index (χ4v) is 2.48. The zero-order chi connectivity index (χ0) is 16.1. The smallest absolute Gasteiger partial charge is 0.253 e. The lowest BCUT2D eigenvalue weighted by Crippen LogP contribution is -2.50. The maximum absolute atomic E-state index is 12.5. The van der Waals surface area contributed by atoms with Crippen molar-refractivity contribution in [2.24, 2.45) is 0 Å². The minimum absolute atomic E-state index is 0.0130. The molecule has 1 N–H and O–H groups in total. The number of benzene rings is 1. The number of carbonyl (C=O) groups is 2. The van der Waals surface area contributed by atoms with Gasteiger partial charge in [-0.05, 0) is 24.3 Å². The molecule has 1 fully saturated rings. The van der Waals surface area contributed by atoms with Gasteiger partial charge in [-0.3, -0.25) is 14.5 Å². The number of carbonyl (C=O) groups excluding carboxylic acids is 2. The minimum atomic E-state index is 0.0130. The zero-order valence-corrected chi connectivity index (χ0v) is 13.5. The van der Waals surface area contributed by atoms with Crippen LogP contribution in [0, 0.1) is 0 Å². The third-order valence-corrected chi connectivity index (χ3v) is 3.94. The summed E-state index contributed by atoms with van der Waals surface area (Å²) in [4.78, 5) is 29.8. The van der Waals surface area contributed by atoms with E-state index in [4.69, 9.17) is 0 Å². The molecule has 1 aliphatic heterocycles. The predicted molar refractivity (Wildman–Crippen MR) is 87.2 cm³/mol. The highest BCUT2D eigenvalue weighted by molar-refractivity contribution is 5.94. The van der Waals surface area contributed by atoms with Crippen LogP contribution in [0.5, 0.6) is 0 Å². The van der Waals surface area contributed by atoms with Crippen LogP contribution in [0.2, 0.25) is 0 Å².